The van der Waals surface area contributed by atoms with E-state index in [-0.39, 0.29) is 0 Å². The van der Waals surface area contributed by atoms with Crippen LogP contribution in [0.4, 0.5) is 5.69 Å². The van der Waals surface area contributed by atoms with Crippen LogP contribution in [0.5, 0.6) is 11.5 Å². The zero-order valence-electron chi connectivity index (χ0n) is 10.5. The van der Waals surface area contributed by atoms with E-state index in [9.17, 15) is 0 Å². The Morgan fingerprint density at radius 3 is 2.42 bits per heavy atom. The standard InChI is InChI=1S/C14H13BrClNO2/c1-18-12-6-4-9(14(19-2)13(12)15)10-7-8(16)3-5-11(10)17/h3-7H,17H2,1-2H3. The molecule has 0 spiro atoms. The van der Waals surface area contributed by atoms with E-state index < -0.39 is 0 Å². The topological polar surface area (TPSA) is 44.5 Å². The van der Waals surface area contributed by atoms with Crippen molar-refractivity contribution in [3.8, 4) is 22.6 Å². The molecule has 0 atom stereocenters. The summed E-state index contributed by atoms with van der Waals surface area (Å²) in [6, 6.07) is 9.08. The van der Waals surface area contributed by atoms with E-state index in [0.29, 0.717) is 22.2 Å². The van der Waals surface area contributed by atoms with E-state index >= 15 is 0 Å². The first-order chi connectivity index (χ1) is 9.08. The van der Waals surface area contributed by atoms with Crippen molar-refractivity contribution in [2.45, 2.75) is 0 Å². The van der Waals surface area contributed by atoms with Gasteiger partial charge in [-0.25, -0.2) is 0 Å². The first-order valence-corrected chi connectivity index (χ1v) is 6.71. The summed E-state index contributed by atoms with van der Waals surface area (Å²) in [5, 5.41) is 0.623. The number of hydrogen-bond acceptors (Lipinski definition) is 3. The van der Waals surface area contributed by atoms with E-state index in [4.69, 9.17) is 26.8 Å². The fourth-order valence-electron chi connectivity index (χ4n) is 1.87. The van der Waals surface area contributed by atoms with Crippen LogP contribution in [0.15, 0.2) is 34.8 Å². The minimum atomic E-state index is 0.623. The molecule has 0 fully saturated rings. The van der Waals surface area contributed by atoms with Gasteiger partial charge in [-0.1, -0.05) is 11.6 Å². The Bertz CT molecular complexity index is 617. The Labute approximate surface area is 125 Å². The fourth-order valence-corrected chi connectivity index (χ4v) is 2.71. The highest BCUT2D eigenvalue weighted by Crippen LogP contribution is 2.43. The molecule has 2 aromatic rings. The van der Waals surface area contributed by atoms with Gasteiger partial charge in [0.15, 0.2) is 0 Å². The maximum absolute atomic E-state index is 6.03. The molecular weight excluding hydrogens is 330 g/mol. The summed E-state index contributed by atoms with van der Waals surface area (Å²) >= 11 is 9.50. The maximum atomic E-state index is 6.03. The van der Waals surface area contributed by atoms with Gasteiger partial charge in [0.2, 0.25) is 0 Å². The molecular formula is C14H13BrClNO2. The molecule has 0 bridgehead atoms. The van der Waals surface area contributed by atoms with Crippen LogP contribution in [-0.4, -0.2) is 14.2 Å². The Hall–Kier alpha value is -1.39. The zero-order valence-corrected chi connectivity index (χ0v) is 12.9. The number of benzene rings is 2. The van der Waals surface area contributed by atoms with Gasteiger partial charge in [0, 0.05) is 21.8 Å². The number of nitrogen functional groups attached to an aromatic ring is 1. The first-order valence-electron chi connectivity index (χ1n) is 5.54. The smallest absolute Gasteiger partial charge is 0.144 e. The van der Waals surface area contributed by atoms with Crippen molar-refractivity contribution in [1.82, 2.24) is 0 Å². The van der Waals surface area contributed by atoms with Crippen LogP contribution >= 0.6 is 27.5 Å². The highest BCUT2D eigenvalue weighted by molar-refractivity contribution is 9.10. The molecule has 19 heavy (non-hydrogen) atoms. The molecule has 0 amide bonds. The van der Waals surface area contributed by atoms with Crippen molar-refractivity contribution in [3.63, 3.8) is 0 Å². The van der Waals surface area contributed by atoms with Crippen LogP contribution < -0.4 is 15.2 Å². The summed E-state index contributed by atoms with van der Waals surface area (Å²) in [4.78, 5) is 0. The quantitative estimate of drug-likeness (QED) is 0.842. The van der Waals surface area contributed by atoms with E-state index in [0.717, 1.165) is 15.6 Å². The van der Waals surface area contributed by atoms with Gasteiger partial charge in [-0.3, -0.25) is 0 Å². The van der Waals surface area contributed by atoms with Gasteiger partial charge in [-0.05, 0) is 46.3 Å². The van der Waals surface area contributed by atoms with Crippen LogP contribution in [0.3, 0.4) is 0 Å². The predicted octanol–water partition coefficient (Wildman–Crippen LogP) is 4.37. The van der Waals surface area contributed by atoms with Crippen molar-refractivity contribution in [2.75, 3.05) is 20.0 Å². The second kappa shape index (κ2) is 5.72. The van der Waals surface area contributed by atoms with Crippen molar-refractivity contribution >= 4 is 33.2 Å². The number of ether oxygens (including phenoxy) is 2. The lowest BCUT2D eigenvalue weighted by atomic mass is 10.0. The average Bonchev–Trinajstić information content (AvgIpc) is 2.41. The van der Waals surface area contributed by atoms with E-state index in [2.05, 4.69) is 15.9 Å². The van der Waals surface area contributed by atoms with Crippen molar-refractivity contribution in [2.24, 2.45) is 0 Å². The molecule has 100 valence electrons. The van der Waals surface area contributed by atoms with Gasteiger partial charge in [0.05, 0.1) is 14.2 Å². The zero-order chi connectivity index (χ0) is 14.0. The van der Waals surface area contributed by atoms with Crippen LogP contribution in [0.2, 0.25) is 5.02 Å². The number of rotatable bonds is 3. The van der Waals surface area contributed by atoms with E-state index in [1.54, 1.807) is 26.4 Å². The molecule has 2 aromatic carbocycles. The highest BCUT2D eigenvalue weighted by atomic mass is 79.9. The molecule has 0 aliphatic heterocycles. The highest BCUT2D eigenvalue weighted by Gasteiger charge is 2.16. The summed E-state index contributed by atoms with van der Waals surface area (Å²) in [7, 11) is 3.21. The molecule has 0 heterocycles. The van der Waals surface area contributed by atoms with Crippen LogP contribution in [0.1, 0.15) is 0 Å². The van der Waals surface area contributed by atoms with Gasteiger partial charge < -0.3 is 15.2 Å². The predicted molar refractivity (Wildman–Crippen MR) is 82.1 cm³/mol. The van der Waals surface area contributed by atoms with Crippen LogP contribution in [0, 0.1) is 0 Å². The van der Waals surface area contributed by atoms with Gasteiger partial charge in [-0.15, -0.1) is 0 Å². The van der Waals surface area contributed by atoms with Crippen LogP contribution in [-0.2, 0) is 0 Å². The maximum Gasteiger partial charge on any atom is 0.144 e. The lowest BCUT2D eigenvalue weighted by Crippen LogP contribution is -1.95. The Morgan fingerprint density at radius 2 is 1.79 bits per heavy atom. The average molecular weight is 343 g/mol. The molecule has 5 heteroatoms. The lowest BCUT2D eigenvalue weighted by molar-refractivity contribution is 0.390. The summed E-state index contributed by atoms with van der Waals surface area (Å²) in [6.45, 7) is 0. The van der Waals surface area contributed by atoms with Crippen molar-refractivity contribution < 1.29 is 9.47 Å². The molecule has 0 aromatic heterocycles. The molecule has 0 saturated heterocycles. The largest absolute Gasteiger partial charge is 0.495 e. The normalized spacial score (nSPS) is 10.3. The van der Waals surface area contributed by atoms with Gasteiger partial charge in [-0.2, -0.15) is 0 Å². The van der Waals surface area contributed by atoms with Crippen molar-refractivity contribution in [1.29, 1.82) is 0 Å². The Balaban J connectivity index is 2.68. The summed E-state index contributed by atoms with van der Waals surface area (Å²) in [5.74, 6) is 1.36. The van der Waals surface area contributed by atoms with E-state index in [1.165, 1.54) is 0 Å². The van der Waals surface area contributed by atoms with Gasteiger partial charge in [0.25, 0.3) is 0 Å². The minimum absolute atomic E-state index is 0.623. The van der Waals surface area contributed by atoms with Crippen LogP contribution in [0.25, 0.3) is 11.1 Å². The molecule has 2 rings (SSSR count). The number of nitrogens with two attached hydrogens (primary N) is 1. The third-order valence-electron chi connectivity index (χ3n) is 2.79. The molecule has 0 radical (unpaired) electrons. The molecule has 0 saturated carbocycles. The fraction of sp³-hybridized carbons (Fsp3) is 0.143. The minimum Gasteiger partial charge on any atom is -0.495 e. The third-order valence-corrected chi connectivity index (χ3v) is 3.78. The molecule has 2 N–H and O–H groups in total. The van der Waals surface area contributed by atoms with E-state index in [1.807, 2.05) is 18.2 Å². The Morgan fingerprint density at radius 1 is 1.05 bits per heavy atom. The number of anilines is 1. The van der Waals surface area contributed by atoms with Crippen molar-refractivity contribution in [3.05, 3.63) is 39.8 Å². The number of methoxy groups -OCH3 is 2. The summed E-state index contributed by atoms with van der Waals surface area (Å²) in [6.07, 6.45) is 0. The third kappa shape index (κ3) is 2.65. The monoisotopic (exact) mass is 341 g/mol. The summed E-state index contributed by atoms with van der Waals surface area (Å²) in [5.41, 5.74) is 8.33. The SMILES string of the molecule is COc1ccc(-c2cc(Cl)ccc2N)c(OC)c1Br. The second-order valence-corrected chi connectivity index (χ2v) is 5.12. The van der Waals surface area contributed by atoms with Gasteiger partial charge in [0.1, 0.15) is 16.0 Å². The molecule has 3 nitrogen and oxygen atoms in total. The number of halogens is 2. The Kier molecular flexibility index (Phi) is 4.22. The first kappa shape index (κ1) is 14.0. The van der Waals surface area contributed by atoms with Gasteiger partial charge >= 0.3 is 0 Å². The molecule has 0 aliphatic carbocycles. The molecule has 0 aliphatic rings. The second-order valence-electron chi connectivity index (χ2n) is 3.89. The lowest BCUT2D eigenvalue weighted by Gasteiger charge is -2.15. The molecule has 0 unspecified atom stereocenters. The summed E-state index contributed by atoms with van der Waals surface area (Å²) < 4.78 is 11.4. The number of hydrogen-bond donors (Lipinski definition) is 1.